The molecule has 108 valence electrons. The van der Waals surface area contributed by atoms with Gasteiger partial charge in [0.2, 0.25) is 0 Å². The van der Waals surface area contributed by atoms with Crippen molar-refractivity contribution in [1.82, 2.24) is 10.3 Å². The largest absolute Gasteiger partial charge is 0.493 e. The van der Waals surface area contributed by atoms with E-state index in [1.165, 1.54) is 4.88 Å². The lowest BCUT2D eigenvalue weighted by Gasteiger charge is -2.12. The van der Waals surface area contributed by atoms with Crippen molar-refractivity contribution in [2.75, 3.05) is 14.2 Å². The molecule has 1 N–H and O–H groups in total. The quantitative estimate of drug-likeness (QED) is 0.859. The molecular weight excluding hydrogens is 340 g/mol. The zero-order chi connectivity index (χ0) is 14.5. The first-order valence-corrected chi connectivity index (χ1v) is 7.77. The molecule has 0 fully saturated rings. The first-order valence-electron chi connectivity index (χ1n) is 6.16. The first kappa shape index (κ1) is 15.3. The van der Waals surface area contributed by atoms with Crippen LogP contribution < -0.4 is 14.8 Å². The fourth-order valence-corrected chi connectivity index (χ4v) is 3.04. The van der Waals surface area contributed by atoms with Crippen LogP contribution in [-0.2, 0) is 13.1 Å². The van der Waals surface area contributed by atoms with Crippen LogP contribution in [0.3, 0.4) is 0 Å². The van der Waals surface area contributed by atoms with E-state index in [0.717, 1.165) is 39.6 Å². The van der Waals surface area contributed by atoms with E-state index in [2.05, 4.69) is 33.2 Å². The molecule has 0 radical (unpaired) electrons. The van der Waals surface area contributed by atoms with Gasteiger partial charge in [-0.05, 0) is 24.6 Å². The van der Waals surface area contributed by atoms with E-state index in [-0.39, 0.29) is 0 Å². The van der Waals surface area contributed by atoms with E-state index >= 15 is 0 Å². The summed E-state index contributed by atoms with van der Waals surface area (Å²) in [5.41, 5.74) is 1.12. The van der Waals surface area contributed by atoms with Crippen LogP contribution in [0.15, 0.2) is 22.8 Å². The Balaban J connectivity index is 2.02. The fourth-order valence-electron chi connectivity index (χ4n) is 1.82. The summed E-state index contributed by atoms with van der Waals surface area (Å²) in [4.78, 5) is 5.56. The summed E-state index contributed by atoms with van der Waals surface area (Å²) in [6.07, 6.45) is 1.90. The van der Waals surface area contributed by atoms with Gasteiger partial charge in [0.15, 0.2) is 11.5 Å². The number of thiazole rings is 1. The maximum atomic E-state index is 5.32. The molecule has 0 atom stereocenters. The standard InChI is InChI=1S/C14H17BrN2O2S/c1-9-6-17-14(20-9)8-16-7-10-4-12(18-2)13(19-3)5-11(10)15/h4-6,16H,7-8H2,1-3H3. The zero-order valence-corrected chi connectivity index (χ0v) is 14.1. The Kier molecular flexibility index (Phi) is 5.39. The van der Waals surface area contributed by atoms with Crippen LogP contribution in [-0.4, -0.2) is 19.2 Å². The number of hydrogen-bond acceptors (Lipinski definition) is 5. The molecule has 2 aromatic rings. The van der Waals surface area contributed by atoms with Crippen molar-refractivity contribution in [1.29, 1.82) is 0 Å². The minimum atomic E-state index is 0.721. The highest BCUT2D eigenvalue weighted by atomic mass is 79.9. The zero-order valence-electron chi connectivity index (χ0n) is 11.7. The molecule has 0 aliphatic rings. The molecule has 0 aliphatic heterocycles. The lowest BCUT2D eigenvalue weighted by molar-refractivity contribution is 0.354. The van der Waals surface area contributed by atoms with Crippen molar-refractivity contribution in [3.05, 3.63) is 38.3 Å². The molecule has 2 rings (SSSR count). The van der Waals surface area contributed by atoms with E-state index in [4.69, 9.17) is 9.47 Å². The van der Waals surface area contributed by atoms with Gasteiger partial charge in [0, 0.05) is 28.6 Å². The highest BCUT2D eigenvalue weighted by Gasteiger charge is 2.09. The number of ether oxygens (including phenoxy) is 2. The Morgan fingerprint density at radius 2 is 1.90 bits per heavy atom. The monoisotopic (exact) mass is 356 g/mol. The van der Waals surface area contributed by atoms with Crippen LogP contribution in [0.4, 0.5) is 0 Å². The number of halogens is 1. The summed E-state index contributed by atoms with van der Waals surface area (Å²) in [6.45, 7) is 3.56. The molecule has 1 heterocycles. The number of nitrogens with zero attached hydrogens (tertiary/aromatic N) is 1. The number of benzene rings is 1. The molecule has 0 unspecified atom stereocenters. The van der Waals surface area contributed by atoms with Gasteiger partial charge in [-0.2, -0.15) is 0 Å². The summed E-state index contributed by atoms with van der Waals surface area (Å²) in [5, 5.41) is 4.48. The van der Waals surface area contributed by atoms with Gasteiger partial charge >= 0.3 is 0 Å². The minimum absolute atomic E-state index is 0.721. The van der Waals surface area contributed by atoms with E-state index in [0.29, 0.717) is 0 Å². The molecule has 0 bridgehead atoms. The van der Waals surface area contributed by atoms with Gasteiger partial charge in [0.05, 0.1) is 14.2 Å². The van der Waals surface area contributed by atoms with Gasteiger partial charge < -0.3 is 14.8 Å². The highest BCUT2D eigenvalue weighted by Crippen LogP contribution is 2.33. The second-order valence-electron chi connectivity index (χ2n) is 4.27. The van der Waals surface area contributed by atoms with Crippen LogP contribution in [0.1, 0.15) is 15.4 Å². The van der Waals surface area contributed by atoms with Crippen LogP contribution >= 0.6 is 27.3 Å². The van der Waals surface area contributed by atoms with Crippen molar-refractivity contribution < 1.29 is 9.47 Å². The lowest BCUT2D eigenvalue weighted by atomic mass is 10.2. The highest BCUT2D eigenvalue weighted by molar-refractivity contribution is 9.10. The molecule has 4 nitrogen and oxygen atoms in total. The lowest BCUT2D eigenvalue weighted by Crippen LogP contribution is -2.13. The number of methoxy groups -OCH3 is 2. The third kappa shape index (κ3) is 3.71. The van der Waals surface area contributed by atoms with E-state index in [9.17, 15) is 0 Å². The average Bonchev–Trinajstić information content (AvgIpc) is 2.85. The van der Waals surface area contributed by atoms with Crippen LogP contribution in [0.5, 0.6) is 11.5 Å². The topological polar surface area (TPSA) is 43.4 Å². The van der Waals surface area contributed by atoms with Crippen LogP contribution in [0.2, 0.25) is 0 Å². The fraction of sp³-hybridized carbons (Fsp3) is 0.357. The predicted octanol–water partition coefficient (Wildman–Crippen LogP) is 3.52. The second kappa shape index (κ2) is 7.06. The first-order chi connectivity index (χ1) is 9.63. The van der Waals surface area contributed by atoms with Crippen molar-refractivity contribution in [2.24, 2.45) is 0 Å². The summed E-state index contributed by atoms with van der Waals surface area (Å²) in [6, 6.07) is 3.90. The Labute approximate surface area is 131 Å². The average molecular weight is 357 g/mol. The molecule has 0 saturated heterocycles. The third-order valence-corrected chi connectivity index (χ3v) is 4.46. The number of aryl methyl sites for hydroxylation is 1. The molecule has 0 spiro atoms. The molecule has 1 aromatic carbocycles. The van der Waals surface area contributed by atoms with E-state index in [1.807, 2.05) is 18.3 Å². The predicted molar refractivity (Wildman–Crippen MR) is 84.6 cm³/mol. The van der Waals surface area contributed by atoms with Gasteiger partial charge in [-0.1, -0.05) is 15.9 Å². The summed E-state index contributed by atoms with van der Waals surface area (Å²) in [7, 11) is 3.27. The molecule has 1 aromatic heterocycles. The van der Waals surface area contributed by atoms with E-state index in [1.54, 1.807) is 25.6 Å². The minimum Gasteiger partial charge on any atom is -0.493 e. The van der Waals surface area contributed by atoms with Gasteiger partial charge in [-0.15, -0.1) is 11.3 Å². The summed E-state index contributed by atoms with van der Waals surface area (Å²) in [5.74, 6) is 1.45. The second-order valence-corrected chi connectivity index (χ2v) is 6.44. The normalized spacial score (nSPS) is 10.6. The Hall–Kier alpha value is -1.11. The molecule has 6 heteroatoms. The number of hydrogen-bond donors (Lipinski definition) is 1. The van der Waals surface area contributed by atoms with Crippen molar-refractivity contribution in [3.63, 3.8) is 0 Å². The van der Waals surface area contributed by atoms with Crippen molar-refractivity contribution in [2.45, 2.75) is 20.0 Å². The molecule has 0 amide bonds. The molecular formula is C14H17BrN2O2S. The van der Waals surface area contributed by atoms with Crippen molar-refractivity contribution in [3.8, 4) is 11.5 Å². The maximum Gasteiger partial charge on any atom is 0.161 e. The Bertz CT molecular complexity index is 587. The maximum absolute atomic E-state index is 5.32. The van der Waals surface area contributed by atoms with Crippen molar-refractivity contribution >= 4 is 27.3 Å². The van der Waals surface area contributed by atoms with Crippen LogP contribution in [0, 0.1) is 6.92 Å². The van der Waals surface area contributed by atoms with Crippen LogP contribution in [0.25, 0.3) is 0 Å². The molecule has 0 aliphatic carbocycles. The number of aromatic nitrogens is 1. The van der Waals surface area contributed by atoms with Gasteiger partial charge in [0.1, 0.15) is 5.01 Å². The SMILES string of the molecule is COc1cc(Br)c(CNCc2ncc(C)s2)cc1OC. The van der Waals surface area contributed by atoms with Gasteiger partial charge in [0.25, 0.3) is 0 Å². The summed E-state index contributed by atoms with van der Waals surface area (Å²) < 4.78 is 11.6. The third-order valence-electron chi connectivity index (χ3n) is 2.81. The number of rotatable bonds is 6. The summed E-state index contributed by atoms with van der Waals surface area (Å²) >= 11 is 5.26. The molecule has 0 saturated carbocycles. The molecule has 20 heavy (non-hydrogen) atoms. The Morgan fingerprint density at radius 3 is 2.50 bits per heavy atom. The number of nitrogens with one attached hydrogen (secondary N) is 1. The smallest absolute Gasteiger partial charge is 0.161 e. The van der Waals surface area contributed by atoms with Gasteiger partial charge in [-0.25, -0.2) is 4.98 Å². The van der Waals surface area contributed by atoms with E-state index < -0.39 is 0 Å². The van der Waals surface area contributed by atoms with Gasteiger partial charge in [-0.3, -0.25) is 0 Å². The Morgan fingerprint density at radius 1 is 1.20 bits per heavy atom.